The SMILES string of the molecule is C=C1CC(c2ccccc2)=CC(c2cc3c4cc(N(c5ccccc5)c5cccc(-c6ccccc6)c5)ccc4oc3c3ccccc23)=NC1c1ccccc1. The number of hydrogen-bond acceptors (Lipinski definition) is 3. The maximum Gasteiger partial charge on any atom is 0.143 e. The zero-order valence-electron chi connectivity index (χ0n) is 30.8. The Kier molecular flexibility index (Phi) is 8.46. The number of allylic oxidation sites excluding steroid dienone is 2. The zero-order chi connectivity index (χ0) is 37.4. The van der Waals surface area contributed by atoms with Crippen molar-refractivity contribution in [3.63, 3.8) is 0 Å². The maximum atomic E-state index is 6.77. The lowest BCUT2D eigenvalue weighted by Gasteiger charge is -2.26. The van der Waals surface area contributed by atoms with Crippen molar-refractivity contribution in [2.24, 2.45) is 4.99 Å². The highest BCUT2D eigenvalue weighted by Crippen LogP contribution is 2.43. The molecule has 1 atom stereocenters. The van der Waals surface area contributed by atoms with Crippen LogP contribution in [0.3, 0.4) is 0 Å². The first-order valence-electron chi connectivity index (χ1n) is 19.1. The van der Waals surface area contributed by atoms with Gasteiger partial charge in [0.1, 0.15) is 11.2 Å². The van der Waals surface area contributed by atoms with Crippen molar-refractivity contribution in [3.05, 3.63) is 229 Å². The standard InChI is InChI=1S/C53H38N2O/c1-36-31-41(38-19-8-3-9-20-38)33-50(54-52(36)39-21-10-4-11-22-39)47-35-49-48-34-44(29-30-51(48)56-53(49)46-28-15-14-27-45(46)47)55(42-24-12-5-13-25-42)43-26-16-23-40(32-43)37-17-6-2-7-18-37/h2-30,32-35,52H,1,31H2. The number of furan rings is 1. The monoisotopic (exact) mass is 718 g/mol. The van der Waals surface area contributed by atoms with Crippen LogP contribution in [0, 0.1) is 0 Å². The van der Waals surface area contributed by atoms with Crippen LogP contribution in [0.15, 0.2) is 222 Å². The summed E-state index contributed by atoms with van der Waals surface area (Å²) in [6, 6.07) is 68.3. The lowest BCUT2D eigenvalue weighted by atomic mass is 9.92. The van der Waals surface area contributed by atoms with Gasteiger partial charge in [0.15, 0.2) is 0 Å². The Morgan fingerprint density at radius 3 is 1.86 bits per heavy atom. The first-order valence-corrected chi connectivity index (χ1v) is 19.1. The highest BCUT2D eigenvalue weighted by atomic mass is 16.3. The third kappa shape index (κ3) is 6.10. The van der Waals surface area contributed by atoms with Gasteiger partial charge in [-0.25, -0.2) is 0 Å². The molecule has 0 bridgehead atoms. The molecule has 2 heterocycles. The van der Waals surface area contributed by atoms with Crippen molar-refractivity contribution < 1.29 is 4.42 Å². The van der Waals surface area contributed by atoms with Gasteiger partial charge in [0.05, 0.1) is 11.8 Å². The summed E-state index contributed by atoms with van der Waals surface area (Å²) >= 11 is 0. The van der Waals surface area contributed by atoms with Gasteiger partial charge in [-0.05, 0) is 99.8 Å². The molecule has 1 aromatic heterocycles. The number of nitrogens with zero attached hydrogens (tertiary/aromatic N) is 2. The molecule has 0 radical (unpaired) electrons. The predicted octanol–water partition coefficient (Wildman–Crippen LogP) is 14.4. The summed E-state index contributed by atoms with van der Waals surface area (Å²) in [6.45, 7) is 4.61. The Bertz CT molecular complexity index is 2940. The van der Waals surface area contributed by atoms with Gasteiger partial charge in [-0.1, -0.05) is 152 Å². The quantitative estimate of drug-likeness (QED) is 0.154. The second-order valence-corrected chi connectivity index (χ2v) is 14.4. The van der Waals surface area contributed by atoms with E-state index < -0.39 is 0 Å². The molecule has 8 aromatic carbocycles. The van der Waals surface area contributed by atoms with Crippen LogP contribution in [-0.4, -0.2) is 5.71 Å². The van der Waals surface area contributed by atoms with Gasteiger partial charge in [0.2, 0.25) is 0 Å². The largest absolute Gasteiger partial charge is 0.455 e. The normalized spacial score (nSPS) is 14.4. The van der Waals surface area contributed by atoms with Crippen LogP contribution in [0.25, 0.3) is 49.4 Å². The molecule has 0 aliphatic carbocycles. The number of rotatable bonds is 7. The molecule has 266 valence electrons. The molecule has 0 N–H and O–H groups in total. The van der Waals surface area contributed by atoms with Crippen LogP contribution in [0.5, 0.6) is 0 Å². The van der Waals surface area contributed by atoms with E-state index in [-0.39, 0.29) is 6.04 Å². The van der Waals surface area contributed by atoms with E-state index in [1.54, 1.807) is 0 Å². The van der Waals surface area contributed by atoms with E-state index in [0.717, 1.165) is 78.6 Å². The second kappa shape index (κ2) is 14.2. The number of aliphatic imine (C=N–C) groups is 1. The molecular weight excluding hydrogens is 681 g/mol. The minimum Gasteiger partial charge on any atom is -0.455 e. The van der Waals surface area contributed by atoms with Gasteiger partial charge >= 0.3 is 0 Å². The lowest BCUT2D eigenvalue weighted by molar-refractivity contribution is 0.672. The van der Waals surface area contributed by atoms with Crippen molar-refractivity contribution in [1.82, 2.24) is 0 Å². The summed E-state index contributed by atoms with van der Waals surface area (Å²) in [6.07, 6.45) is 3.01. The second-order valence-electron chi connectivity index (χ2n) is 14.4. The first-order chi connectivity index (χ1) is 27.7. The van der Waals surface area contributed by atoms with E-state index in [0.29, 0.717) is 0 Å². The Morgan fingerprint density at radius 1 is 0.500 bits per heavy atom. The van der Waals surface area contributed by atoms with Crippen LogP contribution in [0.2, 0.25) is 0 Å². The fraction of sp³-hybridized carbons (Fsp3) is 0.0377. The maximum absolute atomic E-state index is 6.77. The van der Waals surface area contributed by atoms with Crippen LogP contribution in [-0.2, 0) is 0 Å². The summed E-state index contributed by atoms with van der Waals surface area (Å²) < 4.78 is 6.77. The molecule has 0 spiro atoms. The van der Waals surface area contributed by atoms with Gasteiger partial charge in [0, 0.05) is 38.8 Å². The number of fused-ring (bicyclic) bond motifs is 5. The summed E-state index contributed by atoms with van der Waals surface area (Å²) in [7, 11) is 0. The van der Waals surface area contributed by atoms with Crippen molar-refractivity contribution in [3.8, 4) is 11.1 Å². The van der Waals surface area contributed by atoms with Gasteiger partial charge in [-0.15, -0.1) is 0 Å². The van der Waals surface area contributed by atoms with E-state index in [9.17, 15) is 0 Å². The van der Waals surface area contributed by atoms with Gasteiger partial charge in [-0.3, -0.25) is 4.99 Å². The van der Waals surface area contributed by atoms with Crippen molar-refractivity contribution in [2.75, 3.05) is 4.90 Å². The van der Waals surface area contributed by atoms with E-state index in [1.165, 1.54) is 22.3 Å². The van der Waals surface area contributed by atoms with E-state index in [4.69, 9.17) is 9.41 Å². The lowest BCUT2D eigenvalue weighted by Crippen LogP contribution is -2.09. The molecule has 10 rings (SSSR count). The van der Waals surface area contributed by atoms with Gasteiger partial charge in [-0.2, -0.15) is 0 Å². The molecule has 1 aliphatic heterocycles. The average molecular weight is 719 g/mol. The molecule has 3 nitrogen and oxygen atoms in total. The molecular formula is C53H38N2O. The zero-order valence-corrected chi connectivity index (χ0v) is 30.8. The summed E-state index contributed by atoms with van der Waals surface area (Å²) in [5, 5.41) is 4.27. The fourth-order valence-electron chi connectivity index (χ4n) is 8.17. The number of anilines is 3. The van der Waals surface area contributed by atoms with Gasteiger partial charge < -0.3 is 9.32 Å². The molecule has 9 aromatic rings. The number of hydrogen-bond donors (Lipinski definition) is 0. The van der Waals surface area contributed by atoms with Crippen molar-refractivity contribution >= 4 is 61.1 Å². The first kappa shape index (κ1) is 33.3. The minimum absolute atomic E-state index is 0.183. The molecule has 1 unspecified atom stereocenters. The smallest absolute Gasteiger partial charge is 0.143 e. The highest BCUT2D eigenvalue weighted by molar-refractivity contribution is 6.26. The predicted molar refractivity (Wildman–Crippen MR) is 235 cm³/mol. The molecule has 1 aliphatic rings. The summed E-state index contributed by atoms with van der Waals surface area (Å²) in [4.78, 5) is 7.88. The minimum atomic E-state index is -0.183. The molecule has 0 saturated carbocycles. The highest BCUT2D eigenvalue weighted by Gasteiger charge is 2.24. The van der Waals surface area contributed by atoms with Crippen LogP contribution in [0.4, 0.5) is 17.1 Å². The van der Waals surface area contributed by atoms with Crippen molar-refractivity contribution in [1.29, 1.82) is 0 Å². The average Bonchev–Trinajstić information content (AvgIpc) is 3.54. The fourth-order valence-corrected chi connectivity index (χ4v) is 8.17. The topological polar surface area (TPSA) is 28.7 Å². The van der Waals surface area contributed by atoms with E-state index >= 15 is 0 Å². The number of benzene rings is 8. The third-order valence-electron chi connectivity index (χ3n) is 10.9. The third-order valence-corrected chi connectivity index (χ3v) is 10.9. The van der Waals surface area contributed by atoms with Gasteiger partial charge in [0.25, 0.3) is 0 Å². The van der Waals surface area contributed by atoms with Crippen LogP contribution >= 0.6 is 0 Å². The Labute approximate surface area is 326 Å². The number of para-hydroxylation sites is 1. The molecule has 0 saturated heterocycles. The Hall–Kier alpha value is -7.23. The molecule has 0 amide bonds. The Balaban J connectivity index is 1.19. The Morgan fingerprint density at radius 2 is 1.11 bits per heavy atom. The van der Waals surface area contributed by atoms with Crippen LogP contribution < -0.4 is 4.90 Å². The van der Waals surface area contributed by atoms with E-state index in [1.807, 2.05) is 0 Å². The molecule has 3 heteroatoms. The summed E-state index contributed by atoms with van der Waals surface area (Å²) in [5.74, 6) is 0. The van der Waals surface area contributed by atoms with Crippen molar-refractivity contribution in [2.45, 2.75) is 12.5 Å². The van der Waals surface area contributed by atoms with Crippen LogP contribution in [0.1, 0.15) is 29.2 Å². The van der Waals surface area contributed by atoms with E-state index in [2.05, 4.69) is 212 Å². The summed E-state index contributed by atoms with van der Waals surface area (Å²) in [5.41, 5.74) is 13.9. The molecule has 0 fully saturated rings. The molecule has 56 heavy (non-hydrogen) atoms.